The maximum Gasteiger partial charge on any atom is 0.227 e. The van der Waals surface area contributed by atoms with Gasteiger partial charge < -0.3 is 11.1 Å². The van der Waals surface area contributed by atoms with Crippen molar-refractivity contribution >= 4 is 34.8 Å². The lowest BCUT2D eigenvalue weighted by atomic mass is 9.80. The van der Waals surface area contributed by atoms with Gasteiger partial charge in [-0.1, -0.05) is 30.1 Å². The fourth-order valence-corrected chi connectivity index (χ4v) is 3.78. The molecule has 0 saturated carbocycles. The number of aromatic nitrogens is 1. The Hall–Kier alpha value is -1.62. The average Bonchev–Trinajstić information content (AvgIpc) is 2.56. The van der Waals surface area contributed by atoms with E-state index < -0.39 is 0 Å². The fraction of sp³-hybridized carbons (Fsp3) is 0.368. The lowest BCUT2D eigenvalue weighted by molar-refractivity contribution is -0.120. The van der Waals surface area contributed by atoms with Crippen LogP contribution in [0.2, 0.25) is 10.0 Å². The number of benzene rings is 1. The van der Waals surface area contributed by atoms with E-state index in [4.69, 9.17) is 28.9 Å². The van der Waals surface area contributed by atoms with Crippen LogP contribution in [-0.4, -0.2) is 16.9 Å². The largest absolute Gasteiger partial charge is 0.327 e. The van der Waals surface area contributed by atoms with Gasteiger partial charge in [-0.2, -0.15) is 0 Å². The third-order valence-corrected chi connectivity index (χ3v) is 5.48. The summed E-state index contributed by atoms with van der Waals surface area (Å²) in [6, 6.07) is 7.05. The molecule has 2 aromatic rings. The number of carbonyl (C=O) groups excluding carboxylic acids is 1. The van der Waals surface area contributed by atoms with E-state index in [1.807, 2.05) is 12.3 Å². The summed E-state index contributed by atoms with van der Waals surface area (Å²) in [6.07, 6.45) is 5.85. The summed E-state index contributed by atoms with van der Waals surface area (Å²) >= 11 is 11.9. The lowest BCUT2D eigenvalue weighted by Gasteiger charge is -2.28. The summed E-state index contributed by atoms with van der Waals surface area (Å²) in [6.45, 7) is 2.14. The quantitative estimate of drug-likeness (QED) is 0.813. The Kier molecular flexibility index (Phi) is 5.62. The van der Waals surface area contributed by atoms with Gasteiger partial charge in [0, 0.05) is 30.0 Å². The molecule has 1 aliphatic carbocycles. The number of fused-ring (bicyclic) bond motifs is 1. The first-order chi connectivity index (χ1) is 11.9. The minimum absolute atomic E-state index is 0.0342. The van der Waals surface area contributed by atoms with Gasteiger partial charge in [0.2, 0.25) is 5.91 Å². The third kappa shape index (κ3) is 4.32. The Bertz CT molecular complexity index is 781. The van der Waals surface area contributed by atoms with Crippen LogP contribution in [0.15, 0.2) is 36.7 Å². The highest BCUT2D eigenvalue weighted by Gasteiger charge is 2.28. The van der Waals surface area contributed by atoms with Gasteiger partial charge in [0.05, 0.1) is 10.0 Å². The predicted molar refractivity (Wildman–Crippen MR) is 102 cm³/mol. The summed E-state index contributed by atoms with van der Waals surface area (Å²) in [5, 5.41) is 3.82. The average molecular weight is 378 g/mol. The van der Waals surface area contributed by atoms with E-state index in [1.165, 1.54) is 11.1 Å². The fourth-order valence-electron chi connectivity index (χ4n) is 3.48. The van der Waals surface area contributed by atoms with Gasteiger partial charge in [0.15, 0.2) is 0 Å². The van der Waals surface area contributed by atoms with Crippen LogP contribution < -0.4 is 11.1 Å². The van der Waals surface area contributed by atoms with Crippen molar-refractivity contribution in [3.05, 3.63) is 57.8 Å². The summed E-state index contributed by atoms with van der Waals surface area (Å²) in [4.78, 5) is 17.0. The van der Waals surface area contributed by atoms with Crippen LogP contribution in [-0.2, 0) is 11.2 Å². The van der Waals surface area contributed by atoms with Crippen LogP contribution in [0.4, 0.5) is 5.69 Å². The number of hydrogen-bond acceptors (Lipinski definition) is 3. The zero-order valence-corrected chi connectivity index (χ0v) is 15.5. The number of nitrogens with zero attached hydrogens (tertiary/aromatic N) is 1. The first-order valence-corrected chi connectivity index (χ1v) is 9.14. The summed E-state index contributed by atoms with van der Waals surface area (Å²) in [7, 11) is 0. The van der Waals surface area contributed by atoms with E-state index in [1.54, 1.807) is 24.4 Å². The molecule has 0 aliphatic heterocycles. The van der Waals surface area contributed by atoms with E-state index in [-0.39, 0.29) is 23.8 Å². The molecule has 3 N–H and O–H groups in total. The molecule has 0 fully saturated rings. The van der Waals surface area contributed by atoms with Gasteiger partial charge in [-0.25, -0.2) is 0 Å². The Balaban J connectivity index is 1.77. The molecule has 25 heavy (non-hydrogen) atoms. The molecule has 1 aromatic heterocycles. The van der Waals surface area contributed by atoms with Gasteiger partial charge in [-0.3, -0.25) is 9.78 Å². The summed E-state index contributed by atoms with van der Waals surface area (Å²) < 4.78 is 0. The van der Waals surface area contributed by atoms with Crippen LogP contribution in [0.3, 0.4) is 0 Å². The van der Waals surface area contributed by atoms with Crippen molar-refractivity contribution < 1.29 is 4.79 Å². The molecular formula is C19H21Cl2N3O. The van der Waals surface area contributed by atoms with Gasteiger partial charge in [0.1, 0.15) is 0 Å². The van der Waals surface area contributed by atoms with Crippen molar-refractivity contribution in [1.82, 2.24) is 4.98 Å². The van der Waals surface area contributed by atoms with E-state index in [2.05, 4.69) is 17.2 Å². The number of carbonyl (C=O) groups is 1. The van der Waals surface area contributed by atoms with E-state index in [9.17, 15) is 4.79 Å². The minimum atomic E-state index is -0.159. The molecule has 1 aromatic carbocycles. The maximum absolute atomic E-state index is 12.8. The van der Waals surface area contributed by atoms with E-state index in [0.717, 1.165) is 12.8 Å². The second-order valence-electron chi connectivity index (χ2n) is 6.73. The van der Waals surface area contributed by atoms with Crippen molar-refractivity contribution in [3.8, 4) is 0 Å². The molecule has 3 rings (SSSR count). The molecule has 3 atom stereocenters. The third-order valence-electron chi connectivity index (χ3n) is 4.74. The smallest absolute Gasteiger partial charge is 0.227 e. The highest BCUT2D eigenvalue weighted by molar-refractivity contribution is 6.42. The molecule has 0 bridgehead atoms. The van der Waals surface area contributed by atoms with Gasteiger partial charge >= 0.3 is 0 Å². The van der Waals surface area contributed by atoms with Crippen LogP contribution in [0.1, 0.15) is 36.8 Å². The molecule has 4 nitrogen and oxygen atoms in total. The number of hydrogen-bond donors (Lipinski definition) is 2. The molecule has 1 amide bonds. The number of nitrogens with two attached hydrogens (primary N) is 1. The number of rotatable bonds is 2. The SMILES string of the molecule is C[C@H]1CC(C(=O)Nc2ccc(Cl)c(Cl)c2)C[C@@H](N)Cc2ccncc21. The number of halogens is 2. The number of amides is 1. The van der Waals surface area contributed by atoms with Crippen molar-refractivity contribution in [2.24, 2.45) is 11.7 Å². The predicted octanol–water partition coefficient (Wildman–Crippen LogP) is 4.41. The summed E-state index contributed by atoms with van der Waals surface area (Å²) in [5.41, 5.74) is 9.35. The van der Waals surface area contributed by atoms with Crippen LogP contribution in [0.25, 0.3) is 0 Å². The number of pyridine rings is 1. The summed E-state index contributed by atoms with van der Waals surface area (Å²) in [5.74, 6) is 0.0570. The Morgan fingerprint density at radius 2 is 2.04 bits per heavy atom. The van der Waals surface area contributed by atoms with Crippen LogP contribution >= 0.6 is 23.2 Å². The normalized spacial score (nSPS) is 23.3. The Morgan fingerprint density at radius 3 is 2.80 bits per heavy atom. The molecule has 1 aliphatic rings. The second-order valence-corrected chi connectivity index (χ2v) is 7.54. The molecule has 132 valence electrons. The lowest BCUT2D eigenvalue weighted by Crippen LogP contribution is -2.34. The molecule has 0 radical (unpaired) electrons. The topological polar surface area (TPSA) is 68.0 Å². The highest BCUT2D eigenvalue weighted by Crippen LogP contribution is 2.32. The molecule has 1 unspecified atom stereocenters. The maximum atomic E-state index is 12.8. The number of anilines is 1. The van der Waals surface area contributed by atoms with Gasteiger partial charge in [-0.05, 0) is 60.6 Å². The molecular weight excluding hydrogens is 357 g/mol. The zero-order chi connectivity index (χ0) is 18.0. The van der Waals surface area contributed by atoms with E-state index >= 15 is 0 Å². The first-order valence-electron chi connectivity index (χ1n) is 8.38. The molecule has 0 saturated heterocycles. The van der Waals surface area contributed by atoms with Crippen molar-refractivity contribution in [2.45, 2.75) is 38.1 Å². The molecule has 1 heterocycles. The van der Waals surface area contributed by atoms with Crippen LogP contribution in [0.5, 0.6) is 0 Å². The number of nitrogens with one attached hydrogen (secondary N) is 1. The Morgan fingerprint density at radius 1 is 1.24 bits per heavy atom. The standard InChI is InChI=1S/C19H21Cl2N3O/c1-11-6-13(8-14(22)7-12-4-5-23-10-16(11)12)19(25)24-15-2-3-17(20)18(21)9-15/h2-5,9-11,13-14H,6-8,22H2,1H3,(H,24,25)/t11-,13?,14-/m0/s1. The monoisotopic (exact) mass is 377 g/mol. The van der Waals surface area contributed by atoms with Crippen molar-refractivity contribution in [2.75, 3.05) is 5.32 Å². The molecule has 0 spiro atoms. The first kappa shape index (κ1) is 18.2. The zero-order valence-electron chi connectivity index (χ0n) is 14.0. The second kappa shape index (κ2) is 7.73. The Labute approximate surface area is 157 Å². The van der Waals surface area contributed by atoms with Crippen LogP contribution in [0, 0.1) is 5.92 Å². The minimum Gasteiger partial charge on any atom is -0.327 e. The highest BCUT2D eigenvalue weighted by atomic mass is 35.5. The van der Waals surface area contributed by atoms with E-state index in [0.29, 0.717) is 22.2 Å². The van der Waals surface area contributed by atoms with Gasteiger partial charge in [0.25, 0.3) is 0 Å². The van der Waals surface area contributed by atoms with Gasteiger partial charge in [-0.15, -0.1) is 0 Å². The molecule has 6 heteroatoms. The van der Waals surface area contributed by atoms with Crippen molar-refractivity contribution in [3.63, 3.8) is 0 Å². The van der Waals surface area contributed by atoms with Crippen molar-refractivity contribution in [1.29, 1.82) is 0 Å².